The number of hydrogen-bond acceptors (Lipinski definition) is 4. The van der Waals surface area contributed by atoms with Gasteiger partial charge in [-0.05, 0) is 38.1 Å². The van der Waals surface area contributed by atoms with Crippen LogP contribution in [-0.4, -0.2) is 47.5 Å². The van der Waals surface area contributed by atoms with E-state index in [0.29, 0.717) is 23.0 Å². The molecule has 1 aliphatic rings. The van der Waals surface area contributed by atoms with Gasteiger partial charge >= 0.3 is 0 Å². The van der Waals surface area contributed by atoms with Crippen molar-refractivity contribution in [2.24, 2.45) is 0 Å². The van der Waals surface area contributed by atoms with Gasteiger partial charge in [0.15, 0.2) is 0 Å². The van der Waals surface area contributed by atoms with E-state index in [1.54, 1.807) is 34.7 Å². The van der Waals surface area contributed by atoms with Gasteiger partial charge < -0.3 is 10.2 Å². The lowest BCUT2D eigenvalue weighted by molar-refractivity contribution is 0.0797. The van der Waals surface area contributed by atoms with Gasteiger partial charge in [-0.15, -0.1) is 0 Å². The number of nitrogens with one attached hydrogen (secondary N) is 1. The fourth-order valence-corrected chi connectivity index (χ4v) is 3.15. The van der Waals surface area contributed by atoms with Gasteiger partial charge in [-0.25, -0.2) is 4.98 Å². The van der Waals surface area contributed by atoms with Crippen molar-refractivity contribution in [1.82, 2.24) is 19.8 Å². The Morgan fingerprint density at radius 3 is 2.96 bits per heavy atom. The molecule has 1 N–H and O–H groups in total. The Kier molecular flexibility index (Phi) is 4.94. The number of aryl methyl sites for hydroxylation is 1. The molecule has 3 rings (SSSR count). The summed E-state index contributed by atoms with van der Waals surface area (Å²) < 4.78 is 1.80. The predicted molar refractivity (Wildman–Crippen MR) is 94.4 cm³/mol. The summed E-state index contributed by atoms with van der Waals surface area (Å²) in [4.78, 5) is 31.6. The number of fused-ring (bicyclic) bond motifs is 2. The third kappa shape index (κ3) is 3.19. The minimum Gasteiger partial charge on any atom is -0.340 e. The van der Waals surface area contributed by atoms with Crippen molar-refractivity contribution in [2.45, 2.75) is 32.2 Å². The first kappa shape index (κ1) is 16.6. The Labute approximate surface area is 141 Å². The first-order chi connectivity index (χ1) is 11.6. The van der Waals surface area contributed by atoms with Gasteiger partial charge in [0.25, 0.3) is 11.5 Å². The molecule has 24 heavy (non-hydrogen) atoms. The molecule has 1 aromatic carbocycles. The van der Waals surface area contributed by atoms with Crippen molar-refractivity contribution in [3.8, 4) is 0 Å². The van der Waals surface area contributed by atoms with Crippen molar-refractivity contribution in [3.63, 3.8) is 0 Å². The monoisotopic (exact) mass is 328 g/mol. The molecule has 128 valence electrons. The number of amides is 1. The fraction of sp³-hybridized carbons (Fsp3) is 0.500. The minimum absolute atomic E-state index is 0.0134. The highest BCUT2D eigenvalue weighted by Gasteiger charge is 2.16. The first-order valence-electron chi connectivity index (χ1n) is 8.55. The summed E-state index contributed by atoms with van der Waals surface area (Å²) in [5, 5.41) is 3.62. The van der Waals surface area contributed by atoms with E-state index in [0.717, 1.165) is 44.6 Å². The van der Waals surface area contributed by atoms with E-state index in [9.17, 15) is 9.59 Å². The molecule has 0 atom stereocenters. The number of rotatable bonds is 4. The first-order valence-corrected chi connectivity index (χ1v) is 8.55. The zero-order valence-electron chi connectivity index (χ0n) is 14.3. The molecule has 6 nitrogen and oxygen atoms in total. The number of benzene rings is 1. The van der Waals surface area contributed by atoms with E-state index in [4.69, 9.17) is 0 Å². The molecule has 1 aliphatic heterocycles. The molecule has 0 saturated carbocycles. The molecular formula is C18H24N4O2. The molecule has 1 aromatic heterocycles. The van der Waals surface area contributed by atoms with Gasteiger partial charge in [-0.1, -0.05) is 6.42 Å². The Bertz CT molecular complexity index is 813. The van der Waals surface area contributed by atoms with Crippen LogP contribution in [0.25, 0.3) is 10.9 Å². The molecule has 2 heterocycles. The van der Waals surface area contributed by atoms with E-state index in [1.807, 2.05) is 7.05 Å². The fourth-order valence-electron chi connectivity index (χ4n) is 3.15. The highest BCUT2D eigenvalue weighted by Crippen LogP contribution is 2.17. The molecular weight excluding hydrogens is 304 g/mol. The van der Waals surface area contributed by atoms with Crippen LogP contribution in [0.5, 0.6) is 0 Å². The lowest BCUT2D eigenvalue weighted by Gasteiger charge is -2.17. The quantitative estimate of drug-likeness (QED) is 0.922. The van der Waals surface area contributed by atoms with Gasteiger partial charge in [0.2, 0.25) is 0 Å². The van der Waals surface area contributed by atoms with E-state index < -0.39 is 0 Å². The number of likely N-dealkylation sites (N-methyl/N-ethyl adjacent to an activating group) is 2. The Balaban J connectivity index is 1.99. The van der Waals surface area contributed by atoms with Gasteiger partial charge in [-0.3, -0.25) is 14.2 Å². The van der Waals surface area contributed by atoms with E-state index >= 15 is 0 Å². The highest BCUT2D eigenvalue weighted by molar-refractivity contribution is 5.97. The molecule has 2 aromatic rings. The summed E-state index contributed by atoms with van der Waals surface area (Å²) in [6.45, 7) is 2.11. The van der Waals surface area contributed by atoms with Crippen molar-refractivity contribution in [2.75, 3.05) is 27.2 Å². The average Bonchev–Trinajstić information content (AvgIpc) is 2.84. The molecule has 0 bridgehead atoms. The molecule has 0 saturated heterocycles. The van der Waals surface area contributed by atoms with E-state index in [1.165, 1.54) is 0 Å². The molecule has 0 unspecified atom stereocenters. The maximum absolute atomic E-state index is 12.7. The average molecular weight is 328 g/mol. The summed E-state index contributed by atoms with van der Waals surface area (Å²) in [5.74, 6) is 0.794. The standard InChI is InChI=1S/C18H24N4O2/c1-19-9-11-21(2)17(23)13-7-8-14-15(12-13)20-16-6-4-3-5-10-22(16)18(14)24/h7-8,12,19H,3-6,9-11H2,1-2H3. The van der Waals surface area contributed by atoms with Crippen LogP contribution in [0.4, 0.5) is 0 Å². The van der Waals surface area contributed by atoms with Crippen LogP contribution in [0, 0.1) is 0 Å². The lowest BCUT2D eigenvalue weighted by atomic mass is 10.1. The van der Waals surface area contributed by atoms with Crippen LogP contribution in [0.1, 0.15) is 35.4 Å². The summed E-state index contributed by atoms with van der Waals surface area (Å²) in [5.41, 5.74) is 1.21. The molecule has 0 radical (unpaired) electrons. The largest absolute Gasteiger partial charge is 0.340 e. The normalized spacial score (nSPS) is 14.2. The summed E-state index contributed by atoms with van der Waals surface area (Å²) >= 11 is 0. The zero-order chi connectivity index (χ0) is 17.1. The number of hydrogen-bond donors (Lipinski definition) is 1. The molecule has 1 amide bonds. The number of carbonyl (C=O) groups is 1. The number of nitrogens with zero attached hydrogens (tertiary/aromatic N) is 3. The minimum atomic E-state index is -0.0519. The zero-order valence-corrected chi connectivity index (χ0v) is 14.3. The highest BCUT2D eigenvalue weighted by atomic mass is 16.2. The third-order valence-electron chi connectivity index (χ3n) is 4.61. The number of carbonyl (C=O) groups excluding carboxylic acids is 1. The van der Waals surface area contributed by atoms with Crippen LogP contribution < -0.4 is 10.9 Å². The molecule has 0 fully saturated rings. The molecule has 0 spiro atoms. The van der Waals surface area contributed by atoms with Crippen LogP contribution >= 0.6 is 0 Å². The van der Waals surface area contributed by atoms with Crippen LogP contribution in [0.2, 0.25) is 0 Å². The summed E-state index contributed by atoms with van der Waals surface area (Å²) in [6, 6.07) is 5.22. The maximum Gasteiger partial charge on any atom is 0.261 e. The van der Waals surface area contributed by atoms with Crippen LogP contribution in [-0.2, 0) is 13.0 Å². The second kappa shape index (κ2) is 7.13. The summed E-state index contributed by atoms with van der Waals surface area (Å²) in [7, 11) is 3.64. The second-order valence-corrected chi connectivity index (χ2v) is 6.36. The van der Waals surface area contributed by atoms with Crippen LogP contribution in [0.15, 0.2) is 23.0 Å². The van der Waals surface area contributed by atoms with E-state index in [2.05, 4.69) is 10.3 Å². The van der Waals surface area contributed by atoms with Gasteiger partial charge in [0, 0.05) is 38.7 Å². The summed E-state index contributed by atoms with van der Waals surface area (Å²) in [6.07, 6.45) is 4.03. The predicted octanol–water partition coefficient (Wildman–Crippen LogP) is 1.41. The van der Waals surface area contributed by atoms with Crippen molar-refractivity contribution >= 4 is 16.8 Å². The SMILES string of the molecule is CNCCN(C)C(=O)c1ccc2c(=O)n3c(nc2c1)CCCCC3. The van der Waals surface area contributed by atoms with Gasteiger partial charge in [0.05, 0.1) is 10.9 Å². The van der Waals surface area contributed by atoms with Crippen molar-refractivity contribution in [3.05, 3.63) is 39.9 Å². The van der Waals surface area contributed by atoms with Crippen molar-refractivity contribution in [1.29, 1.82) is 0 Å². The third-order valence-corrected chi connectivity index (χ3v) is 4.61. The Morgan fingerprint density at radius 1 is 1.33 bits per heavy atom. The smallest absolute Gasteiger partial charge is 0.261 e. The molecule has 6 heteroatoms. The Hall–Kier alpha value is -2.21. The lowest BCUT2D eigenvalue weighted by Crippen LogP contribution is -2.32. The Morgan fingerprint density at radius 2 is 2.17 bits per heavy atom. The maximum atomic E-state index is 12.7. The second-order valence-electron chi connectivity index (χ2n) is 6.36. The van der Waals surface area contributed by atoms with Crippen LogP contribution in [0.3, 0.4) is 0 Å². The van der Waals surface area contributed by atoms with E-state index in [-0.39, 0.29) is 11.5 Å². The van der Waals surface area contributed by atoms with Crippen molar-refractivity contribution < 1.29 is 4.79 Å². The molecule has 0 aliphatic carbocycles. The van der Waals surface area contributed by atoms with Gasteiger partial charge in [0.1, 0.15) is 5.82 Å². The van der Waals surface area contributed by atoms with Gasteiger partial charge in [-0.2, -0.15) is 0 Å². The topological polar surface area (TPSA) is 67.2 Å². The number of aromatic nitrogens is 2.